The molecule has 1 aromatic rings. The van der Waals surface area contributed by atoms with Gasteiger partial charge in [0.2, 0.25) is 0 Å². The fourth-order valence-electron chi connectivity index (χ4n) is 2.48. The van der Waals surface area contributed by atoms with Crippen molar-refractivity contribution in [1.29, 1.82) is 0 Å². The summed E-state index contributed by atoms with van der Waals surface area (Å²) in [6.45, 7) is 11.4. The molecule has 27 heavy (non-hydrogen) atoms. The number of benzene rings is 1. The zero-order valence-electron chi connectivity index (χ0n) is 17.5. The summed E-state index contributed by atoms with van der Waals surface area (Å²) in [5.41, 5.74) is 0.956. The van der Waals surface area contributed by atoms with E-state index in [2.05, 4.69) is 27.7 Å². The van der Waals surface area contributed by atoms with Crippen LogP contribution >= 0.6 is 0 Å². The molecule has 2 N–H and O–H groups in total. The van der Waals surface area contributed by atoms with E-state index in [1.807, 2.05) is 6.92 Å². The molecule has 0 saturated carbocycles. The minimum absolute atomic E-state index is 0.0666. The molecule has 1 aromatic carbocycles. The van der Waals surface area contributed by atoms with Crippen LogP contribution in [0.5, 0.6) is 0 Å². The van der Waals surface area contributed by atoms with Crippen molar-refractivity contribution < 1.29 is 22.8 Å². The molecule has 1 rings (SSSR count). The zero-order valence-corrected chi connectivity index (χ0v) is 18.3. The molecule has 0 radical (unpaired) electrons. The van der Waals surface area contributed by atoms with Gasteiger partial charge in [0.25, 0.3) is 10.1 Å². The zero-order chi connectivity index (χ0) is 20.9. The van der Waals surface area contributed by atoms with Crippen LogP contribution in [0.15, 0.2) is 29.2 Å². The second kappa shape index (κ2) is 14.1. The lowest BCUT2D eigenvalue weighted by Crippen LogP contribution is -2.16. The van der Waals surface area contributed by atoms with Crippen molar-refractivity contribution >= 4 is 10.1 Å². The summed E-state index contributed by atoms with van der Waals surface area (Å²) in [7, 11) is -4.02. The molecule has 0 aliphatic carbocycles. The lowest BCUT2D eigenvalue weighted by Gasteiger charge is -2.17. The third-order valence-corrected chi connectivity index (χ3v) is 5.08. The number of unbranched alkanes of at least 4 members (excludes halogenated alkanes) is 1. The first-order valence-corrected chi connectivity index (χ1v) is 11.3. The fourth-order valence-corrected chi connectivity index (χ4v) is 2.96. The van der Waals surface area contributed by atoms with E-state index in [1.165, 1.54) is 31.4 Å². The molecule has 0 fully saturated rings. The number of aryl methyl sites for hydroxylation is 1. The Labute approximate surface area is 165 Å². The second-order valence-corrected chi connectivity index (χ2v) is 9.05. The molecule has 0 spiro atoms. The van der Waals surface area contributed by atoms with Crippen LogP contribution in [0.25, 0.3) is 0 Å². The summed E-state index contributed by atoms with van der Waals surface area (Å²) in [6, 6.07) is 5.99. The highest BCUT2D eigenvalue weighted by atomic mass is 32.2. The largest absolute Gasteiger partial charge is 0.368 e. The van der Waals surface area contributed by atoms with Crippen molar-refractivity contribution in [3.05, 3.63) is 29.8 Å². The van der Waals surface area contributed by atoms with Gasteiger partial charge in [0.15, 0.2) is 6.29 Å². The molecule has 0 bridgehead atoms. The quantitative estimate of drug-likeness (QED) is 0.301. The highest BCUT2D eigenvalue weighted by molar-refractivity contribution is 7.85. The van der Waals surface area contributed by atoms with Gasteiger partial charge in [-0.25, -0.2) is 0 Å². The van der Waals surface area contributed by atoms with Gasteiger partial charge in [-0.05, 0) is 37.3 Å². The van der Waals surface area contributed by atoms with E-state index in [0.29, 0.717) is 12.5 Å². The summed E-state index contributed by atoms with van der Waals surface area (Å²) in [5, 5.41) is 9.63. The minimum atomic E-state index is -4.02. The number of rotatable bonds is 11. The first-order valence-electron chi connectivity index (χ1n) is 9.90. The minimum Gasteiger partial charge on any atom is -0.368 e. The monoisotopic (exact) mass is 402 g/mol. The normalized spacial score (nSPS) is 13.8. The van der Waals surface area contributed by atoms with Gasteiger partial charge in [-0.1, -0.05) is 71.1 Å². The topological polar surface area (TPSA) is 83.8 Å². The van der Waals surface area contributed by atoms with Crippen LogP contribution in [0.1, 0.15) is 71.8 Å². The van der Waals surface area contributed by atoms with Crippen molar-refractivity contribution in [2.75, 3.05) is 6.61 Å². The molecule has 158 valence electrons. The van der Waals surface area contributed by atoms with Crippen LogP contribution in [-0.2, 0) is 14.9 Å². The highest BCUT2D eigenvalue weighted by Gasteiger charge is 2.10. The maximum Gasteiger partial charge on any atom is 0.294 e. The van der Waals surface area contributed by atoms with Gasteiger partial charge < -0.3 is 9.84 Å². The van der Waals surface area contributed by atoms with Gasteiger partial charge in [-0.3, -0.25) is 4.55 Å². The van der Waals surface area contributed by atoms with Gasteiger partial charge in [-0.15, -0.1) is 0 Å². The lowest BCUT2D eigenvalue weighted by molar-refractivity contribution is -0.111. The summed E-state index contributed by atoms with van der Waals surface area (Å²) in [5.74, 6) is 1.35. The van der Waals surface area contributed by atoms with Crippen LogP contribution < -0.4 is 0 Å². The van der Waals surface area contributed by atoms with E-state index >= 15 is 0 Å². The van der Waals surface area contributed by atoms with E-state index < -0.39 is 16.4 Å². The van der Waals surface area contributed by atoms with Crippen molar-refractivity contribution in [2.45, 2.75) is 84.3 Å². The lowest BCUT2D eigenvalue weighted by atomic mass is 9.97. The van der Waals surface area contributed by atoms with E-state index in [-0.39, 0.29) is 4.90 Å². The van der Waals surface area contributed by atoms with Crippen molar-refractivity contribution in [2.24, 2.45) is 11.8 Å². The Morgan fingerprint density at radius 1 is 1.04 bits per heavy atom. The molecule has 5 nitrogen and oxygen atoms in total. The predicted molar refractivity (Wildman–Crippen MR) is 110 cm³/mol. The average Bonchev–Trinajstić information content (AvgIpc) is 2.54. The Bertz CT molecular complexity index is 581. The molecule has 0 saturated heterocycles. The standard InChI is InChI=1S/C14H30O2.C7H8O3S/c1-5-6-10-16-14(15)11-13(4)9-7-8-12(2)3;1-6-2-4-7(5-3-6)11(8,9)10/h12-15H,5-11H2,1-4H3;2-5H,1H3,(H,8,9,10). The SMILES string of the molecule is CCCCOC(O)CC(C)CCCC(C)C.Cc1ccc(S(=O)(=O)O)cc1. The molecule has 0 amide bonds. The van der Waals surface area contributed by atoms with Gasteiger partial charge >= 0.3 is 0 Å². The van der Waals surface area contributed by atoms with Crippen LogP contribution in [0.3, 0.4) is 0 Å². The molecule has 6 heteroatoms. The van der Waals surface area contributed by atoms with E-state index in [4.69, 9.17) is 9.29 Å². The Hall–Kier alpha value is -0.950. The summed E-state index contributed by atoms with van der Waals surface area (Å²) >= 11 is 0. The van der Waals surface area contributed by atoms with E-state index in [9.17, 15) is 13.5 Å². The maximum absolute atomic E-state index is 10.5. The third-order valence-electron chi connectivity index (χ3n) is 4.21. The van der Waals surface area contributed by atoms with Gasteiger partial charge in [0, 0.05) is 13.0 Å². The van der Waals surface area contributed by atoms with Gasteiger partial charge in [0.05, 0.1) is 4.90 Å². The van der Waals surface area contributed by atoms with Crippen molar-refractivity contribution in [1.82, 2.24) is 0 Å². The summed E-state index contributed by atoms with van der Waals surface area (Å²) < 4.78 is 34.9. The molecule has 0 aliphatic heterocycles. The van der Waals surface area contributed by atoms with E-state index in [0.717, 1.165) is 30.7 Å². The Kier molecular flexibility index (Phi) is 13.6. The number of hydrogen-bond donors (Lipinski definition) is 2. The molecule has 2 unspecified atom stereocenters. The number of aliphatic hydroxyl groups excluding tert-OH is 1. The highest BCUT2D eigenvalue weighted by Crippen LogP contribution is 2.17. The Balaban J connectivity index is 0.000000533. The first kappa shape index (κ1) is 26.1. The molecular formula is C21H38O5S. The van der Waals surface area contributed by atoms with Gasteiger partial charge in [0.1, 0.15) is 0 Å². The molecular weight excluding hydrogens is 364 g/mol. The molecule has 0 heterocycles. The molecule has 0 aliphatic rings. The van der Waals surface area contributed by atoms with Crippen LogP contribution in [0, 0.1) is 18.8 Å². The Morgan fingerprint density at radius 2 is 1.63 bits per heavy atom. The first-order chi connectivity index (χ1) is 12.6. The van der Waals surface area contributed by atoms with Crippen LogP contribution in [-0.4, -0.2) is 31.0 Å². The number of ether oxygens (including phenoxy) is 1. The molecule has 0 aromatic heterocycles. The van der Waals surface area contributed by atoms with Crippen LogP contribution in [0.4, 0.5) is 0 Å². The average molecular weight is 403 g/mol. The molecule has 2 atom stereocenters. The fraction of sp³-hybridized carbons (Fsp3) is 0.714. The second-order valence-electron chi connectivity index (χ2n) is 7.63. The Morgan fingerprint density at radius 3 is 2.11 bits per heavy atom. The number of hydrogen-bond acceptors (Lipinski definition) is 4. The predicted octanol–water partition coefficient (Wildman–Crippen LogP) is 5.22. The summed E-state index contributed by atoms with van der Waals surface area (Å²) in [6.07, 6.45) is 6.14. The number of aliphatic hydroxyl groups is 1. The maximum atomic E-state index is 10.5. The van der Waals surface area contributed by atoms with Crippen LogP contribution in [0.2, 0.25) is 0 Å². The summed E-state index contributed by atoms with van der Waals surface area (Å²) in [4.78, 5) is -0.0666. The van der Waals surface area contributed by atoms with E-state index in [1.54, 1.807) is 12.1 Å². The third kappa shape index (κ3) is 14.7. The van der Waals surface area contributed by atoms with Crippen molar-refractivity contribution in [3.8, 4) is 0 Å². The van der Waals surface area contributed by atoms with Gasteiger partial charge in [-0.2, -0.15) is 8.42 Å². The smallest absolute Gasteiger partial charge is 0.294 e. The van der Waals surface area contributed by atoms with Crippen molar-refractivity contribution in [3.63, 3.8) is 0 Å².